The molecular formula is C19H21N3O3. The molecule has 3 amide bonds. The summed E-state index contributed by atoms with van der Waals surface area (Å²) in [6.07, 6.45) is 1.51. The number of benzene rings is 2. The lowest BCUT2D eigenvalue weighted by molar-refractivity contribution is -0.111. The summed E-state index contributed by atoms with van der Waals surface area (Å²) in [5, 5.41) is 7.91. The molecule has 0 fully saturated rings. The van der Waals surface area contributed by atoms with E-state index in [-0.39, 0.29) is 11.9 Å². The van der Waals surface area contributed by atoms with Crippen LogP contribution in [0.15, 0.2) is 54.6 Å². The molecule has 2 aromatic carbocycles. The summed E-state index contributed by atoms with van der Waals surface area (Å²) in [6.45, 7) is 1.85. The first-order valence-electron chi connectivity index (χ1n) is 7.75. The largest absolute Gasteiger partial charge is 0.496 e. The van der Waals surface area contributed by atoms with E-state index in [1.807, 2.05) is 31.2 Å². The Morgan fingerprint density at radius 3 is 2.36 bits per heavy atom. The lowest BCUT2D eigenvalue weighted by Crippen LogP contribution is -2.24. The molecule has 0 aliphatic heterocycles. The summed E-state index contributed by atoms with van der Waals surface area (Å²) in [7, 11) is 3.13. The number of hydrogen-bond acceptors (Lipinski definition) is 3. The fourth-order valence-corrected chi connectivity index (χ4v) is 2.29. The standard InChI is InChI=1S/C19H21N3O3/c1-13(16-9-4-5-10-17(16)25-3)11-18(23)21-14-7-6-8-15(12-14)22-19(24)20-2/h4-12H,1-3H3,(H,21,23)(H2,20,22,24)/b13-11-. The lowest BCUT2D eigenvalue weighted by atomic mass is 10.1. The number of ether oxygens (including phenoxy) is 1. The Hall–Kier alpha value is -3.28. The molecule has 0 heterocycles. The SMILES string of the molecule is CNC(=O)Nc1cccc(NC(=O)/C=C(/C)c2ccccc2OC)c1. The van der Waals surface area contributed by atoms with Gasteiger partial charge < -0.3 is 20.7 Å². The zero-order chi connectivity index (χ0) is 18.2. The Balaban J connectivity index is 2.11. The second-order valence-electron chi connectivity index (χ2n) is 5.30. The molecule has 130 valence electrons. The van der Waals surface area contributed by atoms with Crippen LogP contribution >= 0.6 is 0 Å². The number of allylic oxidation sites excluding steroid dienone is 1. The first kappa shape index (κ1) is 18.1. The van der Waals surface area contributed by atoms with Crippen LogP contribution in [0, 0.1) is 0 Å². The quantitative estimate of drug-likeness (QED) is 0.730. The van der Waals surface area contributed by atoms with E-state index in [9.17, 15) is 9.59 Å². The third kappa shape index (κ3) is 5.10. The first-order valence-corrected chi connectivity index (χ1v) is 7.75. The summed E-state index contributed by atoms with van der Waals surface area (Å²) < 4.78 is 5.31. The number of methoxy groups -OCH3 is 1. The number of amides is 3. The van der Waals surface area contributed by atoms with E-state index in [0.29, 0.717) is 17.1 Å². The van der Waals surface area contributed by atoms with Crippen LogP contribution in [0.4, 0.5) is 16.2 Å². The molecule has 6 nitrogen and oxygen atoms in total. The molecule has 6 heteroatoms. The van der Waals surface area contributed by atoms with Crippen molar-refractivity contribution in [3.63, 3.8) is 0 Å². The fraction of sp³-hybridized carbons (Fsp3) is 0.158. The van der Waals surface area contributed by atoms with E-state index in [1.54, 1.807) is 31.4 Å². The van der Waals surface area contributed by atoms with Crippen molar-refractivity contribution in [2.75, 3.05) is 24.8 Å². The minimum atomic E-state index is -0.324. The van der Waals surface area contributed by atoms with E-state index < -0.39 is 0 Å². The van der Waals surface area contributed by atoms with E-state index in [0.717, 1.165) is 11.1 Å². The van der Waals surface area contributed by atoms with Crippen LogP contribution in [-0.2, 0) is 4.79 Å². The Bertz CT molecular complexity index is 800. The number of rotatable bonds is 5. The van der Waals surface area contributed by atoms with E-state index >= 15 is 0 Å². The maximum atomic E-state index is 12.3. The van der Waals surface area contributed by atoms with Crippen LogP contribution < -0.4 is 20.7 Å². The normalized spacial score (nSPS) is 10.8. The van der Waals surface area contributed by atoms with Crippen molar-refractivity contribution < 1.29 is 14.3 Å². The van der Waals surface area contributed by atoms with Gasteiger partial charge in [-0.25, -0.2) is 4.79 Å². The molecule has 2 aromatic rings. The molecule has 0 unspecified atom stereocenters. The van der Waals surface area contributed by atoms with Crippen molar-refractivity contribution in [2.24, 2.45) is 0 Å². The van der Waals surface area contributed by atoms with E-state index in [4.69, 9.17) is 4.74 Å². The molecule has 2 rings (SSSR count). The molecule has 0 saturated carbocycles. The Morgan fingerprint density at radius 1 is 1.00 bits per heavy atom. The number of carbonyl (C=O) groups excluding carboxylic acids is 2. The van der Waals surface area contributed by atoms with Crippen LogP contribution in [0.3, 0.4) is 0 Å². The third-order valence-corrected chi connectivity index (χ3v) is 3.49. The zero-order valence-corrected chi connectivity index (χ0v) is 14.4. The number of urea groups is 1. The van der Waals surface area contributed by atoms with Crippen molar-refractivity contribution in [2.45, 2.75) is 6.92 Å². The zero-order valence-electron chi connectivity index (χ0n) is 14.4. The van der Waals surface area contributed by atoms with Gasteiger partial charge >= 0.3 is 6.03 Å². The van der Waals surface area contributed by atoms with Crippen molar-refractivity contribution in [1.82, 2.24) is 5.32 Å². The maximum absolute atomic E-state index is 12.3. The van der Waals surface area contributed by atoms with Gasteiger partial charge in [0.25, 0.3) is 0 Å². The Morgan fingerprint density at radius 2 is 1.68 bits per heavy atom. The molecule has 0 saturated heterocycles. The highest BCUT2D eigenvalue weighted by Gasteiger charge is 2.07. The molecule has 0 radical (unpaired) electrons. The van der Waals surface area contributed by atoms with Gasteiger partial charge in [-0.3, -0.25) is 4.79 Å². The highest BCUT2D eigenvalue weighted by atomic mass is 16.5. The predicted molar refractivity (Wildman–Crippen MR) is 99.8 cm³/mol. The van der Waals surface area contributed by atoms with Crippen LogP contribution in [0.25, 0.3) is 5.57 Å². The van der Waals surface area contributed by atoms with Gasteiger partial charge in [-0.05, 0) is 36.8 Å². The second-order valence-corrected chi connectivity index (χ2v) is 5.30. The summed E-state index contributed by atoms with van der Waals surface area (Å²) >= 11 is 0. The third-order valence-electron chi connectivity index (χ3n) is 3.49. The summed E-state index contributed by atoms with van der Waals surface area (Å²) in [6, 6.07) is 14.1. The van der Waals surface area contributed by atoms with Gasteiger partial charge in [0.15, 0.2) is 0 Å². The highest BCUT2D eigenvalue weighted by molar-refractivity contribution is 6.04. The average molecular weight is 339 g/mol. The summed E-state index contributed by atoms with van der Waals surface area (Å²) in [5.74, 6) is 0.446. The first-order chi connectivity index (χ1) is 12.0. The molecule has 0 aliphatic carbocycles. The summed E-state index contributed by atoms with van der Waals surface area (Å²) in [5.41, 5.74) is 2.82. The fourth-order valence-electron chi connectivity index (χ4n) is 2.29. The smallest absolute Gasteiger partial charge is 0.318 e. The molecule has 0 aromatic heterocycles. The van der Waals surface area contributed by atoms with Crippen LogP contribution in [0.5, 0.6) is 5.75 Å². The van der Waals surface area contributed by atoms with Crippen molar-refractivity contribution in [3.8, 4) is 5.75 Å². The predicted octanol–water partition coefficient (Wildman–Crippen LogP) is 3.49. The maximum Gasteiger partial charge on any atom is 0.318 e. The number of nitrogens with one attached hydrogen (secondary N) is 3. The van der Waals surface area contributed by atoms with Gasteiger partial charge in [0.1, 0.15) is 5.75 Å². The molecule has 0 atom stereocenters. The average Bonchev–Trinajstić information content (AvgIpc) is 2.61. The van der Waals surface area contributed by atoms with Gasteiger partial charge in [0.2, 0.25) is 5.91 Å². The number of hydrogen-bond donors (Lipinski definition) is 3. The lowest BCUT2D eigenvalue weighted by Gasteiger charge is -2.09. The van der Waals surface area contributed by atoms with Crippen molar-refractivity contribution in [3.05, 3.63) is 60.2 Å². The minimum Gasteiger partial charge on any atom is -0.496 e. The summed E-state index contributed by atoms with van der Waals surface area (Å²) in [4.78, 5) is 23.6. The van der Waals surface area contributed by atoms with Gasteiger partial charge in [0, 0.05) is 30.1 Å². The monoisotopic (exact) mass is 339 g/mol. The van der Waals surface area contributed by atoms with E-state index in [2.05, 4.69) is 16.0 Å². The highest BCUT2D eigenvalue weighted by Crippen LogP contribution is 2.25. The Labute approximate surface area is 146 Å². The van der Waals surface area contributed by atoms with Gasteiger partial charge in [-0.2, -0.15) is 0 Å². The second kappa shape index (κ2) is 8.54. The van der Waals surface area contributed by atoms with Crippen LogP contribution in [-0.4, -0.2) is 26.1 Å². The van der Waals surface area contributed by atoms with Crippen molar-refractivity contribution >= 4 is 28.9 Å². The molecule has 3 N–H and O–H groups in total. The minimum absolute atomic E-state index is 0.263. The van der Waals surface area contributed by atoms with Crippen LogP contribution in [0.2, 0.25) is 0 Å². The van der Waals surface area contributed by atoms with Gasteiger partial charge in [0.05, 0.1) is 7.11 Å². The number of carbonyl (C=O) groups is 2. The molecular weight excluding hydrogens is 318 g/mol. The van der Waals surface area contributed by atoms with E-state index in [1.165, 1.54) is 13.1 Å². The molecule has 25 heavy (non-hydrogen) atoms. The number of anilines is 2. The Kier molecular flexibility index (Phi) is 6.17. The molecule has 0 bridgehead atoms. The topological polar surface area (TPSA) is 79.5 Å². The van der Waals surface area contributed by atoms with Gasteiger partial charge in [-0.15, -0.1) is 0 Å². The van der Waals surface area contributed by atoms with Gasteiger partial charge in [-0.1, -0.05) is 24.3 Å². The van der Waals surface area contributed by atoms with Crippen LogP contribution in [0.1, 0.15) is 12.5 Å². The number of para-hydroxylation sites is 1. The molecule has 0 spiro atoms. The molecule has 0 aliphatic rings. The van der Waals surface area contributed by atoms with Crippen molar-refractivity contribution in [1.29, 1.82) is 0 Å².